The number of carbonyl (C=O) groups excluding carboxylic acids is 1. The van der Waals surface area contributed by atoms with Crippen LogP contribution in [0.25, 0.3) is 11.2 Å². The minimum absolute atomic E-state index is 0.0175. The maximum atomic E-state index is 12.6. The molecule has 1 saturated heterocycles. The second-order valence-corrected chi connectivity index (χ2v) is 6.62. The van der Waals surface area contributed by atoms with Crippen LogP contribution < -0.4 is 15.6 Å². The summed E-state index contributed by atoms with van der Waals surface area (Å²) in [5.41, 5.74) is -0.424. The number of H-pyrrole nitrogens is 1. The Balaban J connectivity index is 1.69. The summed E-state index contributed by atoms with van der Waals surface area (Å²) in [6, 6.07) is 6.54. The van der Waals surface area contributed by atoms with Crippen molar-refractivity contribution in [1.29, 1.82) is 0 Å². The molecule has 3 aromatic rings. The summed E-state index contributed by atoms with van der Waals surface area (Å²) >= 11 is 0. The van der Waals surface area contributed by atoms with Gasteiger partial charge in [-0.15, -0.1) is 0 Å². The van der Waals surface area contributed by atoms with Crippen LogP contribution in [0.1, 0.15) is 16.6 Å². The molecule has 4 rings (SSSR count). The molecule has 2 aromatic heterocycles. The summed E-state index contributed by atoms with van der Waals surface area (Å²) in [4.78, 5) is 35.6. The minimum Gasteiger partial charge on any atom is -0.496 e. The molecule has 12 nitrogen and oxygen atoms in total. The van der Waals surface area contributed by atoms with Gasteiger partial charge in [0.15, 0.2) is 17.4 Å². The Morgan fingerprint density at radius 3 is 2.80 bits per heavy atom. The van der Waals surface area contributed by atoms with Gasteiger partial charge in [0, 0.05) is 0 Å². The number of carbonyl (C=O) groups is 1. The third kappa shape index (κ3) is 3.31. The molecule has 5 N–H and O–H groups in total. The molecule has 0 saturated carbocycles. The standard InChI is InChI=1S/C18H19N5O7/c1-29-9-5-3-2-4-8(9)15(27)21-18-20-14-11(16(28)22-18)19-7-23(14)17-13(26)12(25)10(6-24)30-17/h2-5,7,10,12-13,17,24-26H,6H2,1H3,(H2,20,21,22,27,28). The van der Waals surface area contributed by atoms with Crippen LogP contribution in [0.4, 0.5) is 5.95 Å². The number of para-hydroxylation sites is 1. The van der Waals surface area contributed by atoms with Crippen LogP contribution in [0, 0.1) is 0 Å². The number of ether oxygens (including phenoxy) is 2. The molecule has 30 heavy (non-hydrogen) atoms. The molecule has 0 radical (unpaired) electrons. The lowest BCUT2D eigenvalue weighted by Crippen LogP contribution is -2.33. The van der Waals surface area contributed by atoms with Crippen molar-refractivity contribution in [3.05, 3.63) is 46.5 Å². The van der Waals surface area contributed by atoms with Crippen molar-refractivity contribution in [2.75, 3.05) is 19.0 Å². The van der Waals surface area contributed by atoms with Gasteiger partial charge in [0.05, 0.1) is 25.6 Å². The largest absolute Gasteiger partial charge is 0.496 e. The van der Waals surface area contributed by atoms with Gasteiger partial charge in [-0.1, -0.05) is 12.1 Å². The molecule has 0 aliphatic carbocycles. The number of aliphatic hydroxyl groups is 3. The zero-order chi connectivity index (χ0) is 21.4. The van der Waals surface area contributed by atoms with Crippen molar-refractivity contribution < 1.29 is 29.6 Å². The third-order valence-electron chi connectivity index (χ3n) is 4.81. The van der Waals surface area contributed by atoms with E-state index in [0.717, 1.165) is 0 Å². The molecule has 1 fully saturated rings. The van der Waals surface area contributed by atoms with Crippen molar-refractivity contribution >= 4 is 23.0 Å². The van der Waals surface area contributed by atoms with Crippen LogP contribution in [-0.2, 0) is 4.74 Å². The van der Waals surface area contributed by atoms with Gasteiger partial charge in [0.2, 0.25) is 5.95 Å². The van der Waals surface area contributed by atoms with E-state index < -0.39 is 42.6 Å². The van der Waals surface area contributed by atoms with E-state index in [2.05, 4.69) is 20.3 Å². The summed E-state index contributed by atoms with van der Waals surface area (Å²) in [7, 11) is 1.43. The molecule has 4 atom stereocenters. The minimum atomic E-state index is -1.38. The Labute approximate surface area is 168 Å². The van der Waals surface area contributed by atoms with Crippen LogP contribution in [0.2, 0.25) is 0 Å². The van der Waals surface area contributed by atoms with Crippen LogP contribution >= 0.6 is 0 Å². The van der Waals surface area contributed by atoms with E-state index in [1.54, 1.807) is 24.3 Å². The molecular formula is C18H19N5O7. The number of nitrogens with zero attached hydrogens (tertiary/aromatic N) is 3. The number of imidazole rings is 1. The number of aliphatic hydroxyl groups excluding tert-OH is 3. The maximum Gasteiger partial charge on any atom is 0.280 e. The molecule has 12 heteroatoms. The van der Waals surface area contributed by atoms with Crippen LogP contribution in [0.15, 0.2) is 35.4 Å². The number of anilines is 1. The Morgan fingerprint density at radius 1 is 1.33 bits per heavy atom. The summed E-state index contributed by atoms with van der Waals surface area (Å²) in [5, 5.41) is 32.0. The first-order valence-electron chi connectivity index (χ1n) is 8.98. The van der Waals surface area contributed by atoms with Gasteiger partial charge in [0.1, 0.15) is 24.1 Å². The van der Waals surface area contributed by atoms with Gasteiger partial charge in [0.25, 0.3) is 11.5 Å². The number of methoxy groups -OCH3 is 1. The van der Waals surface area contributed by atoms with E-state index in [1.807, 2.05) is 0 Å². The highest BCUT2D eigenvalue weighted by Crippen LogP contribution is 2.31. The Kier molecular flexibility index (Phi) is 5.22. The molecule has 1 aliphatic rings. The van der Waals surface area contributed by atoms with Crippen molar-refractivity contribution in [2.24, 2.45) is 0 Å². The van der Waals surface area contributed by atoms with Crippen molar-refractivity contribution in [3.8, 4) is 5.75 Å². The van der Waals surface area contributed by atoms with E-state index in [-0.39, 0.29) is 22.7 Å². The molecule has 4 unspecified atom stereocenters. The second kappa shape index (κ2) is 7.84. The summed E-state index contributed by atoms with van der Waals surface area (Å²) < 4.78 is 11.9. The number of amides is 1. The van der Waals surface area contributed by atoms with Gasteiger partial charge < -0.3 is 24.8 Å². The summed E-state index contributed by atoms with van der Waals surface area (Å²) in [6.45, 7) is -0.504. The average Bonchev–Trinajstić information content (AvgIpc) is 3.29. The molecule has 0 bridgehead atoms. The quantitative estimate of drug-likeness (QED) is 0.349. The van der Waals surface area contributed by atoms with Crippen LogP contribution in [0.5, 0.6) is 5.75 Å². The number of hydrogen-bond donors (Lipinski definition) is 5. The molecule has 158 valence electrons. The lowest BCUT2D eigenvalue weighted by molar-refractivity contribution is -0.0511. The van der Waals surface area contributed by atoms with Gasteiger partial charge in [-0.3, -0.25) is 24.5 Å². The highest BCUT2D eigenvalue weighted by Gasteiger charge is 2.44. The fourth-order valence-corrected chi connectivity index (χ4v) is 3.29. The lowest BCUT2D eigenvalue weighted by Gasteiger charge is -2.16. The molecule has 3 heterocycles. The molecule has 0 spiro atoms. The maximum absolute atomic E-state index is 12.6. The molecule has 1 amide bonds. The first-order valence-corrected chi connectivity index (χ1v) is 8.98. The number of fused-ring (bicyclic) bond motifs is 1. The Hall–Kier alpha value is -3.32. The monoisotopic (exact) mass is 417 g/mol. The molecule has 1 aromatic carbocycles. The van der Waals surface area contributed by atoms with E-state index >= 15 is 0 Å². The van der Waals surface area contributed by atoms with Gasteiger partial charge >= 0.3 is 0 Å². The summed E-state index contributed by atoms with van der Waals surface area (Å²) in [5.74, 6) is -0.374. The fraction of sp³-hybridized carbons (Fsp3) is 0.333. The Morgan fingerprint density at radius 2 is 2.10 bits per heavy atom. The van der Waals surface area contributed by atoms with Crippen LogP contribution in [0.3, 0.4) is 0 Å². The highest BCUT2D eigenvalue weighted by atomic mass is 16.6. The second-order valence-electron chi connectivity index (χ2n) is 6.62. The molecule has 1 aliphatic heterocycles. The zero-order valence-corrected chi connectivity index (χ0v) is 15.7. The zero-order valence-electron chi connectivity index (χ0n) is 15.7. The van der Waals surface area contributed by atoms with Gasteiger partial charge in [-0.2, -0.15) is 4.98 Å². The molecular weight excluding hydrogens is 398 g/mol. The predicted molar refractivity (Wildman–Crippen MR) is 102 cm³/mol. The first-order chi connectivity index (χ1) is 14.4. The van der Waals surface area contributed by atoms with Gasteiger partial charge in [-0.25, -0.2) is 4.98 Å². The predicted octanol–water partition coefficient (Wildman–Crippen LogP) is -1.01. The number of aromatic nitrogens is 4. The van der Waals surface area contributed by atoms with Crippen LogP contribution in [-0.4, -0.2) is 72.8 Å². The average molecular weight is 417 g/mol. The Bertz CT molecular complexity index is 1140. The number of benzene rings is 1. The number of rotatable bonds is 5. The van der Waals surface area contributed by atoms with E-state index in [1.165, 1.54) is 18.0 Å². The lowest BCUT2D eigenvalue weighted by atomic mass is 10.1. The SMILES string of the molecule is COc1ccccc1C(=O)Nc1nc2c(ncn2C2OC(CO)C(O)C2O)c(=O)[nH]1. The van der Waals surface area contributed by atoms with E-state index in [4.69, 9.17) is 9.47 Å². The number of nitrogens with one attached hydrogen (secondary N) is 2. The smallest absolute Gasteiger partial charge is 0.280 e. The van der Waals surface area contributed by atoms with Crippen molar-refractivity contribution in [3.63, 3.8) is 0 Å². The van der Waals surface area contributed by atoms with Crippen molar-refractivity contribution in [2.45, 2.75) is 24.5 Å². The number of hydrogen-bond acceptors (Lipinski definition) is 9. The third-order valence-corrected chi connectivity index (χ3v) is 4.81. The van der Waals surface area contributed by atoms with Crippen molar-refractivity contribution in [1.82, 2.24) is 19.5 Å². The fourth-order valence-electron chi connectivity index (χ4n) is 3.29. The first kappa shape index (κ1) is 20.0. The normalized spacial score (nSPS) is 23.6. The highest BCUT2D eigenvalue weighted by molar-refractivity contribution is 6.05. The van der Waals surface area contributed by atoms with E-state index in [0.29, 0.717) is 5.75 Å². The topological polar surface area (TPSA) is 172 Å². The number of aromatic amines is 1. The summed E-state index contributed by atoms with van der Waals surface area (Å²) in [6.07, 6.45) is -3.63. The van der Waals surface area contributed by atoms with E-state index in [9.17, 15) is 24.9 Å². The van der Waals surface area contributed by atoms with Gasteiger partial charge in [-0.05, 0) is 12.1 Å².